The summed E-state index contributed by atoms with van der Waals surface area (Å²) in [6.07, 6.45) is 12.3. The molecule has 1 aromatic carbocycles. The van der Waals surface area contributed by atoms with Crippen molar-refractivity contribution in [2.45, 2.75) is 57.2 Å². The number of hydrogen-bond acceptors (Lipinski definition) is 9. The number of ether oxygens (including phenoxy) is 1. The van der Waals surface area contributed by atoms with Crippen LogP contribution in [0.5, 0.6) is 0 Å². The fourth-order valence-electron chi connectivity index (χ4n) is 6.11. The average molecular weight is 621 g/mol. The zero-order valence-corrected chi connectivity index (χ0v) is 26.1. The Kier molecular flexibility index (Phi) is 10.00. The van der Waals surface area contributed by atoms with Gasteiger partial charge in [0.2, 0.25) is 5.95 Å². The van der Waals surface area contributed by atoms with Crippen LogP contribution < -0.4 is 20.9 Å². The normalized spacial score (nSPS) is 18.3. The first kappa shape index (κ1) is 31.0. The van der Waals surface area contributed by atoms with Crippen molar-refractivity contribution in [1.82, 2.24) is 30.0 Å². The van der Waals surface area contributed by atoms with Crippen molar-refractivity contribution in [1.29, 1.82) is 5.26 Å². The molecular formula is C34H40N10O2. The number of aromatic nitrogens is 5. The number of anilines is 3. The summed E-state index contributed by atoms with van der Waals surface area (Å²) in [5.41, 5.74) is 3.38. The zero-order valence-electron chi connectivity index (χ0n) is 26.1. The monoisotopic (exact) mass is 620 g/mol. The standard InChI is InChI=1S/C34H40N10O2/c1-43-23-28(22-40-43)26-7-12-31(36-20-26)44(34(45)39-19-24-5-3-2-4-6-24)30-10-8-29(9-11-30)41-33-38-21-27(17-35)32(42-33)37-18-25-13-15-46-16-14-25/h2-7,12,20-23,25,29-30H,8-11,13-16,18-19H2,1H3,(H,39,45)(H2,37,38,41,42). The van der Waals surface area contributed by atoms with Crippen LogP contribution in [0, 0.1) is 17.2 Å². The molecule has 3 N–H and O–H groups in total. The molecule has 0 atom stereocenters. The van der Waals surface area contributed by atoms with Crippen LogP contribution in [0.15, 0.2) is 67.3 Å². The Bertz CT molecular complexity index is 1620. The SMILES string of the molecule is Cn1cc(-c2ccc(N(C(=O)NCc3ccccc3)C3CCC(Nc4ncc(C#N)c(NCC5CCOCC5)n4)CC3)nc2)cn1. The number of carbonyl (C=O) groups is 1. The zero-order chi connectivity index (χ0) is 31.7. The smallest absolute Gasteiger partial charge is 0.323 e. The number of hydrogen-bond donors (Lipinski definition) is 3. The van der Waals surface area contributed by atoms with E-state index in [9.17, 15) is 10.1 Å². The van der Waals surface area contributed by atoms with E-state index in [4.69, 9.17) is 9.72 Å². The van der Waals surface area contributed by atoms with E-state index in [0.29, 0.717) is 35.6 Å². The molecule has 6 rings (SSSR count). The van der Waals surface area contributed by atoms with Crippen molar-refractivity contribution >= 4 is 23.6 Å². The highest BCUT2D eigenvalue weighted by Gasteiger charge is 2.31. The molecule has 1 aliphatic heterocycles. The molecule has 46 heavy (non-hydrogen) atoms. The summed E-state index contributed by atoms with van der Waals surface area (Å²) in [7, 11) is 1.88. The summed E-state index contributed by atoms with van der Waals surface area (Å²) in [4.78, 5) is 29.3. The lowest BCUT2D eigenvalue weighted by Crippen LogP contribution is -2.49. The summed E-state index contributed by atoms with van der Waals surface area (Å²) in [5, 5.41) is 23.8. The summed E-state index contributed by atoms with van der Waals surface area (Å²) < 4.78 is 7.22. The molecule has 0 spiro atoms. The molecule has 4 aromatic rings. The first-order valence-electron chi connectivity index (χ1n) is 16.0. The van der Waals surface area contributed by atoms with Crippen LogP contribution in [-0.4, -0.2) is 62.6 Å². The van der Waals surface area contributed by atoms with Crippen LogP contribution in [0.4, 0.5) is 22.4 Å². The first-order chi connectivity index (χ1) is 22.6. The number of benzene rings is 1. The highest BCUT2D eigenvalue weighted by molar-refractivity contribution is 5.91. The highest BCUT2D eigenvalue weighted by atomic mass is 16.5. The van der Waals surface area contributed by atoms with Crippen molar-refractivity contribution in [2.24, 2.45) is 13.0 Å². The van der Waals surface area contributed by atoms with Crippen molar-refractivity contribution in [3.8, 4) is 17.2 Å². The third-order valence-corrected chi connectivity index (χ3v) is 8.74. The van der Waals surface area contributed by atoms with E-state index in [1.807, 2.05) is 60.6 Å². The fraction of sp³-hybridized carbons (Fsp3) is 0.412. The van der Waals surface area contributed by atoms with E-state index in [0.717, 1.165) is 75.0 Å². The van der Waals surface area contributed by atoms with Crippen molar-refractivity contribution < 1.29 is 9.53 Å². The maximum absolute atomic E-state index is 13.7. The van der Waals surface area contributed by atoms with Gasteiger partial charge in [-0.2, -0.15) is 15.3 Å². The predicted octanol–water partition coefficient (Wildman–Crippen LogP) is 5.12. The van der Waals surface area contributed by atoms with Gasteiger partial charge in [0, 0.05) is 69.0 Å². The van der Waals surface area contributed by atoms with Gasteiger partial charge in [-0.1, -0.05) is 30.3 Å². The lowest BCUT2D eigenvalue weighted by atomic mass is 9.90. The Morgan fingerprint density at radius 1 is 1.00 bits per heavy atom. The van der Waals surface area contributed by atoms with Crippen LogP contribution in [-0.2, 0) is 18.3 Å². The summed E-state index contributed by atoms with van der Waals surface area (Å²) in [6, 6.07) is 15.9. The Morgan fingerprint density at radius 2 is 1.80 bits per heavy atom. The molecule has 12 heteroatoms. The number of nitriles is 1. The molecule has 12 nitrogen and oxygen atoms in total. The molecule has 3 aromatic heterocycles. The molecular weight excluding hydrogens is 580 g/mol. The maximum atomic E-state index is 13.7. The van der Waals surface area contributed by atoms with Crippen LogP contribution in [0.3, 0.4) is 0 Å². The molecule has 238 valence electrons. The summed E-state index contributed by atoms with van der Waals surface area (Å²) in [5.74, 6) is 2.17. The lowest BCUT2D eigenvalue weighted by Gasteiger charge is -2.36. The van der Waals surface area contributed by atoms with E-state index < -0.39 is 0 Å². The molecule has 2 amide bonds. The van der Waals surface area contributed by atoms with Gasteiger partial charge in [-0.05, 0) is 62.1 Å². The lowest BCUT2D eigenvalue weighted by molar-refractivity contribution is 0.0699. The van der Waals surface area contributed by atoms with Gasteiger partial charge >= 0.3 is 6.03 Å². The van der Waals surface area contributed by atoms with Gasteiger partial charge in [-0.3, -0.25) is 9.58 Å². The van der Waals surface area contributed by atoms with E-state index in [2.05, 4.69) is 37.1 Å². The van der Waals surface area contributed by atoms with Crippen LogP contribution in [0.2, 0.25) is 0 Å². The second-order valence-electron chi connectivity index (χ2n) is 12.0. The van der Waals surface area contributed by atoms with Gasteiger partial charge in [0.15, 0.2) is 0 Å². The second kappa shape index (κ2) is 14.8. The number of nitrogens with zero attached hydrogens (tertiary/aromatic N) is 7. The molecule has 1 saturated heterocycles. The largest absolute Gasteiger partial charge is 0.381 e. The van der Waals surface area contributed by atoms with E-state index >= 15 is 0 Å². The number of rotatable bonds is 10. The van der Waals surface area contributed by atoms with Gasteiger partial charge in [0.05, 0.1) is 12.4 Å². The van der Waals surface area contributed by atoms with Gasteiger partial charge in [-0.15, -0.1) is 0 Å². The Hall–Kier alpha value is -5.02. The predicted molar refractivity (Wildman–Crippen MR) is 176 cm³/mol. The number of carbonyl (C=O) groups excluding carboxylic acids is 1. The number of pyridine rings is 1. The average Bonchev–Trinajstić information content (AvgIpc) is 3.54. The Labute approximate surface area is 269 Å². The number of amides is 2. The molecule has 0 bridgehead atoms. The van der Waals surface area contributed by atoms with E-state index in [1.165, 1.54) is 0 Å². The molecule has 2 fully saturated rings. The second-order valence-corrected chi connectivity index (χ2v) is 12.0. The van der Waals surface area contributed by atoms with Gasteiger partial charge < -0.3 is 20.7 Å². The van der Waals surface area contributed by atoms with Gasteiger partial charge in [0.1, 0.15) is 23.3 Å². The molecule has 1 saturated carbocycles. The van der Waals surface area contributed by atoms with Crippen molar-refractivity contribution in [3.05, 3.63) is 78.4 Å². The van der Waals surface area contributed by atoms with Crippen LogP contribution >= 0.6 is 0 Å². The Balaban J connectivity index is 1.11. The maximum Gasteiger partial charge on any atom is 0.323 e. The quantitative estimate of drug-likeness (QED) is 0.220. The van der Waals surface area contributed by atoms with Crippen LogP contribution in [0.1, 0.15) is 49.7 Å². The number of nitrogens with one attached hydrogen (secondary N) is 3. The third kappa shape index (κ3) is 7.79. The molecule has 2 aliphatic rings. The minimum atomic E-state index is -0.169. The molecule has 1 aliphatic carbocycles. The Morgan fingerprint density at radius 3 is 2.50 bits per heavy atom. The van der Waals surface area contributed by atoms with E-state index in [1.54, 1.807) is 23.3 Å². The molecule has 0 unspecified atom stereocenters. The molecule has 4 heterocycles. The topological polar surface area (TPSA) is 146 Å². The van der Waals surface area contributed by atoms with E-state index in [-0.39, 0.29) is 18.1 Å². The number of urea groups is 1. The fourth-order valence-corrected chi connectivity index (χ4v) is 6.11. The van der Waals surface area contributed by atoms with Gasteiger partial charge in [0.25, 0.3) is 0 Å². The summed E-state index contributed by atoms with van der Waals surface area (Å²) in [6.45, 7) is 2.73. The summed E-state index contributed by atoms with van der Waals surface area (Å²) >= 11 is 0. The van der Waals surface area contributed by atoms with Gasteiger partial charge in [-0.25, -0.2) is 14.8 Å². The minimum Gasteiger partial charge on any atom is -0.381 e. The molecule has 0 radical (unpaired) electrons. The minimum absolute atomic E-state index is 0.0239. The van der Waals surface area contributed by atoms with Crippen molar-refractivity contribution in [3.63, 3.8) is 0 Å². The first-order valence-corrected chi connectivity index (χ1v) is 16.0. The third-order valence-electron chi connectivity index (χ3n) is 8.74. The highest BCUT2D eigenvalue weighted by Crippen LogP contribution is 2.30. The van der Waals surface area contributed by atoms with Crippen molar-refractivity contribution in [2.75, 3.05) is 35.3 Å². The van der Waals surface area contributed by atoms with Crippen LogP contribution in [0.25, 0.3) is 11.1 Å². The number of aryl methyl sites for hydroxylation is 1.